The molecule has 104 valence electrons. The third-order valence-electron chi connectivity index (χ3n) is 3.93. The Morgan fingerprint density at radius 2 is 2.05 bits per heavy atom. The topological polar surface area (TPSA) is 40.5 Å². The summed E-state index contributed by atoms with van der Waals surface area (Å²) >= 11 is 6.32. The molecule has 3 nitrogen and oxygen atoms in total. The molecule has 1 N–H and O–H groups in total. The monoisotopic (exact) mass is 281 g/mol. The van der Waals surface area contributed by atoms with Crippen molar-refractivity contribution >= 4 is 17.5 Å². The molecule has 1 amide bonds. The smallest absolute Gasteiger partial charge is 0.257 e. The lowest BCUT2D eigenvalue weighted by atomic mass is 9.93. The third kappa shape index (κ3) is 2.86. The molecule has 2 atom stereocenters. The van der Waals surface area contributed by atoms with E-state index in [0.717, 1.165) is 25.7 Å². The first-order chi connectivity index (χ1) is 9.02. The van der Waals surface area contributed by atoms with Gasteiger partial charge in [0.25, 0.3) is 5.91 Å². The molecular formula is C15H20ClNO2. The summed E-state index contributed by atoms with van der Waals surface area (Å²) in [5.74, 6) is -0.0833. The maximum atomic E-state index is 12.5. The summed E-state index contributed by atoms with van der Waals surface area (Å²) in [4.78, 5) is 14.2. The highest BCUT2D eigenvalue weighted by atomic mass is 35.5. The number of aromatic hydroxyl groups is 1. The fourth-order valence-corrected chi connectivity index (χ4v) is 3.12. The van der Waals surface area contributed by atoms with Crippen LogP contribution in [0, 0.1) is 6.92 Å². The maximum absolute atomic E-state index is 12.5. The number of benzene rings is 1. The van der Waals surface area contributed by atoms with Gasteiger partial charge in [0.15, 0.2) is 0 Å². The average Bonchev–Trinajstić information content (AvgIpc) is 2.41. The van der Waals surface area contributed by atoms with Gasteiger partial charge in [-0.15, -0.1) is 11.6 Å². The number of carbonyl (C=O) groups is 1. The molecule has 0 aromatic heterocycles. The second kappa shape index (κ2) is 5.83. The van der Waals surface area contributed by atoms with Gasteiger partial charge >= 0.3 is 0 Å². The van der Waals surface area contributed by atoms with E-state index in [1.54, 1.807) is 37.1 Å². The van der Waals surface area contributed by atoms with Crippen molar-refractivity contribution in [1.29, 1.82) is 0 Å². The summed E-state index contributed by atoms with van der Waals surface area (Å²) in [6.07, 6.45) is 4.11. The predicted octanol–water partition coefficient (Wildman–Crippen LogP) is 3.32. The van der Waals surface area contributed by atoms with Gasteiger partial charge in [0.2, 0.25) is 0 Å². The van der Waals surface area contributed by atoms with Crippen molar-refractivity contribution in [2.24, 2.45) is 0 Å². The fraction of sp³-hybridized carbons (Fsp3) is 0.533. The van der Waals surface area contributed by atoms with Crippen LogP contribution in [-0.2, 0) is 0 Å². The van der Waals surface area contributed by atoms with Crippen LogP contribution in [0.3, 0.4) is 0 Å². The molecule has 0 spiro atoms. The Morgan fingerprint density at radius 1 is 1.37 bits per heavy atom. The van der Waals surface area contributed by atoms with Crippen molar-refractivity contribution in [3.8, 4) is 5.75 Å². The van der Waals surface area contributed by atoms with Gasteiger partial charge in [0, 0.05) is 13.1 Å². The molecule has 2 unspecified atom stereocenters. The average molecular weight is 282 g/mol. The Labute approximate surface area is 119 Å². The Bertz CT molecular complexity index is 475. The SMILES string of the molecule is Cc1cccc(C(=O)N(C)C2CCCCC2Cl)c1O. The zero-order valence-corrected chi connectivity index (χ0v) is 12.2. The molecule has 1 aliphatic carbocycles. The van der Waals surface area contributed by atoms with E-state index in [9.17, 15) is 9.90 Å². The number of phenolic OH excluding ortho intramolecular Hbond substituents is 1. The van der Waals surface area contributed by atoms with Gasteiger partial charge in [0.1, 0.15) is 5.75 Å². The van der Waals surface area contributed by atoms with E-state index in [-0.39, 0.29) is 23.1 Å². The van der Waals surface area contributed by atoms with E-state index in [1.165, 1.54) is 0 Å². The largest absolute Gasteiger partial charge is 0.507 e. The summed E-state index contributed by atoms with van der Waals surface area (Å²) in [5, 5.41) is 10.0. The van der Waals surface area contributed by atoms with Crippen LogP contribution >= 0.6 is 11.6 Å². The fourth-order valence-electron chi connectivity index (χ4n) is 2.67. The first-order valence-corrected chi connectivity index (χ1v) is 7.16. The van der Waals surface area contributed by atoms with Crippen molar-refractivity contribution in [3.05, 3.63) is 29.3 Å². The molecule has 1 aromatic rings. The molecule has 1 saturated carbocycles. The molecule has 0 saturated heterocycles. The van der Waals surface area contributed by atoms with Crippen LogP contribution in [0.15, 0.2) is 18.2 Å². The molecule has 0 radical (unpaired) electrons. The Hall–Kier alpha value is -1.22. The molecule has 1 aromatic carbocycles. The molecule has 0 aliphatic heterocycles. The Morgan fingerprint density at radius 3 is 2.74 bits per heavy atom. The molecule has 0 heterocycles. The molecule has 4 heteroatoms. The summed E-state index contributed by atoms with van der Waals surface area (Å²) in [7, 11) is 1.77. The number of alkyl halides is 1. The van der Waals surface area contributed by atoms with Crippen LogP contribution in [0.25, 0.3) is 0 Å². The second-order valence-electron chi connectivity index (χ2n) is 5.25. The number of aryl methyl sites for hydroxylation is 1. The minimum atomic E-state index is -0.154. The van der Waals surface area contributed by atoms with Gasteiger partial charge in [0.05, 0.1) is 10.9 Å². The summed E-state index contributed by atoms with van der Waals surface area (Å²) in [6, 6.07) is 5.29. The molecule has 1 fully saturated rings. The van der Waals surface area contributed by atoms with E-state index in [0.29, 0.717) is 11.1 Å². The standard InChI is InChI=1S/C15H20ClNO2/c1-10-6-5-7-11(14(10)18)15(19)17(2)13-9-4-3-8-12(13)16/h5-7,12-13,18H,3-4,8-9H2,1-2H3. The predicted molar refractivity (Wildman–Crippen MR) is 76.8 cm³/mol. The van der Waals surface area contributed by atoms with Crippen LogP contribution in [0.1, 0.15) is 41.6 Å². The molecular weight excluding hydrogens is 262 g/mol. The number of rotatable bonds is 2. The maximum Gasteiger partial charge on any atom is 0.257 e. The summed E-state index contributed by atoms with van der Waals surface area (Å²) < 4.78 is 0. The zero-order chi connectivity index (χ0) is 14.0. The van der Waals surface area contributed by atoms with Gasteiger partial charge in [-0.3, -0.25) is 4.79 Å². The number of carbonyl (C=O) groups excluding carboxylic acids is 1. The first kappa shape index (κ1) is 14.2. The number of para-hydroxylation sites is 1. The minimum absolute atomic E-state index is 0.00894. The van der Waals surface area contributed by atoms with Gasteiger partial charge in [-0.25, -0.2) is 0 Å². The highest BCUT2D eigenvalue weighted by molar-refractivity contribution is 6.21. The van der Waals surface area contributed by atoms with Crippen LogP contribution in [0.2, 0.25) is 0 Å². The quantitative estimate of drug-likeness (QED) is 0.845. The van der Waals surface area contributed by atoms with E-state index >= 15 is 0 Å². The number of hydrogen-bond acceptors (Lipinski definition) is 2. The third-order valence-corrected chi connectivity index (χ3v) is 4.44. The molecule has 0 bridgehead atoms. The van der Waals surface area contributed by atoms with Crippen LogP contribution in [-0.4, -0.2) is 34.4 Å². The van der Waals surface area contributed by atoms with E-state index in [4.69, 9.17) is 11.6 Å². The van der Waals surface area contributed by atoms with Crippen molar-refractivity contribution in [1.82, 2.24) is 4.90 Å². The Balaban J connectivity index is 2.21. The lowest BCUT2D eigenvalue weighted by Crippen LogP contribution is -2.44. The zero-order valence-electron chi connectivity index (χ0n) is 11.4. The number of phenols is 1. The van der Waals surface area contributed by atoms with Crippen molar-refractivity contribution < 1.29 is 9.90 Å². The molecule has 2 rings (SSSR count). The molecule has 19 heavy (non-hydrogen) atoms. The Kier molecular flexibility index (Phi) is 4.35. The van der Waals surface area contributed by atoms with Gasteiger partial charge < -0.3 is 10.0 Å². The molecule has 1 aliphatic rings. The number of nitrogens with zero attached hydrogens (tertiary/aromatic N) is 1. The van der Waals surface area contributed by atoms with Gasteiger partial charge in [-0.2, -0.15) is 0 Å². The van der Waals surface area contributed by atoms with Crippen molar-refractivity contribution in [2.75, 3.05) is 7.05 Å². The van der Waals surface area contributed by atoms with Crippen LogP contribution in [0.5, 0.6) is 5.75 Å². The van der Waals surface area contributed by atoms with Crippen LogP contribution < -0.4 is 0 Å². The number of halogens is 1. The number of hydrogen-bond donors (Lipinski definition) is 1. The normalized spacial score (nSPS) is 23.1. The van der Waals surface area contributed by atoms with E-state index in [1.807, 2.05) is 0 Å². The first-order valence-electron chi connectivity index (χ1n) is 6.72. The van der Waals surface area contributed by atoms with E-state index in [2.05, 4.69) is 0 Å². The number of amides is 1. The lowest BCUT2D eigenvalue weighted by molar-refractivity contribution is 0.0697. The summed E-state index contributed by atoms with van der Waals surface area (Å²) in [5.41, 5.74) is 1.07. The van der Waals surface area contributed by atoms with Gasteiger partial charge in [-0.05, 0) is 31.4 Å². The van der Waals surface area contributed by atoms with Crippen molar-refractivity contribution in [2.45, 2.75) is 44.0 Å². The highest BCUT2D eigenvalue weighted by Gasteiger charge is 2.30. The summed E-state index contributed by atoms with van der Waals surface area (Å²) in [6.45, 7) is 1.79. The van der Waals surface area contributed by atoms with E-state index < -0.39 is 0 Å². The van der Waals surface area contributed by atoms with Gasteiger partial charge in [-0.1, -0.05) is 25.0 Å². The lowest BCUT2D eigenvalue weighted by Gasteiger charge is -2.35. The second-order valence-corrected chi connectivity index (χ2v) is 5.82. The van der Waals surface area contributed by atoms with Crippen molar-refractivity contribution in [3.63, 3.8) is 0 Å². The van der Waals surface area contributed by atoms with Crippen LogP contribution in [0.4, 0.5) is 0 Å². The highest BCUT2D eigenvalue weighted by Crippen LogP contribution is 2.29. The minimum Gasteiger partial charge on any atom is -0.507 e.